The number of hydrogen-bond donors (Lipinski definition) is 3. The predicted molar refractivity (Wildman–Crippen MR) is 127 cm³/mol. The molecule has 0 spiro atoms. The highest BCUT2D eigenvalue weighted by Crippen LogP contribution is 2.44. The van der Waals surface area contributed by atoms with Crippen LogP contribution in [0.3, 0.4) is 0 Å². The lowest BCUT2D eigenvalue weighted by Crippen LogP contribution is -2.17. The zero-order chi connectivity index (χ0) is 24.5. The number of anilines is 1. The number of phenolic OH excluding ortho intramolecular Hbond substituents is 1. The maximum absolute atomic E-state index is 13.0. The molecule has 4 rings (SSSR count). The zero-order valence-corrected chi connectivity index (χ0v) is 20.0. The number of aromatic hydroxyl groups is 1. The van der Waals surface area contributed by atoms with Gasteiger partial charge in [-0.15, -0.1) is 0 Å². The highest BCUT2D eigenvalue weighted by atomic mass is 35.5. The lowest BCUT2D eigenvalue weighted by atomic mass is 10.1. The van der Waals surface area contributed by atoms with Crippen LogP contribution in [0.2, 0.25) is 5.02 Å². The van der Waals surface area contributed by atoms with Crippen molar-refractivity contribution in [2.45, 2.75) is 56.3 Å². The number of carbonyl (C=O) groups excluding carboxylic acids is 1. The van der Waals surface area contributed by atoms with Gasteiger partial charge in [0.1, 0.15) is 28.6 Å². The van der Waals surface area contributed by atoms with Crippen LogP contribution in [0.1, 0.15) is 49.7 Å². The number of carboxylic acids is 1. The second kappa shape index (κ2) is 9.84. The van der Waals surface area contributed by atoms with Gasteiger partial charge in [0.2, 0.25) is 5.91 Å². The first-order chi connectivity index (χ1) is 16.1. The Labute approximate surface area is 202 Å². The van der Waals surface area contributed by atoms with Gasteiger partial charge < -0.3 is 20.3 Å². The minimum absolute atomic E-state index is 0.00902. The summed E-state index contributed by atoms with van der Waals surface area (Å²) in [6, 6.07) is 5.61. The molecule has 0 aromatic heterocycles. The summed E-state index contributed by atoms with van der Waals surface area (Å²) in [4.78, 5) is 22.6. The summed E-state index contributed by atoms with van der Waals surface area (Å²) in [6.07, 6.45) is 5.21. The molecule has 0 saturated heterocycles. The number of rotatable bonds is 8. The van der Waals surface area contributed by atoms with E-state index < -0.39 is 28.1 Å². The van der Waals surface area contributed by atoms with Crippen molar-refractivity contribution in [2.75, 3.05) is 11.1 Å². The Morgan fingerprint density at radius 2 is 1.79 bits per heavy atom. The van der Waals surface area contributed by atoms with Gasteiger partial charge in [0.05, 0.1) is 10.8 Å². The van der Waals surface area contributed by atoms with Crippen LogP contribution in [-0.2, 0) is 32.3 Å². The maximum atomic E-state index is 13.0. The number of sulfone groups is 1. The molecule has 0 radical (unpaired) electrons. The maximum Gasteiger partial charge on any atom is 0.312 e. The molecule has 0 bridgehead atoms. The van der Waals surface area contributed by atoms with Gasteiger partial charge in [-0.05, 0) is 61.8 Å². The van der Waals surface area contributed by atoms with Gasteiger partial charge in [-0.1, -0.05) is 24.4 Å². The molecule has 34 heavy (non-hydrogen) atoms. The van der Waals surface area contributed by atoms with Crippen LogP contribution in [0.25, 0.3) is 0 Å². The van der Waals surface area contributed by atoms with E-state index in [0.29, 0.717) is 24.3 Å². The monoisotopic (exact) mass is 507 g/mol. The molecule has 2 aromatic rings. The molecule has 3 N–H and O–H groups in total. The van der Waals surface area contributed by atoms with Crippen molar-refractivity contribution in [3.05, 3.63) is 40.4 Å². The fourth-order valence-electron chi connectivity index (χ4n) is 4.77. The molecule has 1 amide bonds. The second-order valence-corrected chi connectivity index (χ2v) is 11.2. The number of fused-ring (bicyclic) bond motifs is 1. The Kier molecular flexibility index (Phi) is 7.04. The van der Waals surface area contributed by atoms with Gasteiger partial charge in [-0.25, -0.2) is 8.42 Å². The third-order valence-corrected chi connectivity index (χ3v) is 8.50. The number of carbonyl (C=O) groups is 2. The van der Waals surface area contributed by atoms with E-state index in [1.54, 1.807) is 0 Å². The summed E-state index contributed by atoms with van der Waals surface area (Å²) >= 11 is 6.47. The summed E-state index contributed by atoms with van der Waals surface area (Å²) in [5, 5.41) is 21.9. The van der Waals surface area contributed by atoms with Crippen LogP contribution in [-0.4, -0.2) is 36.3 Å². The lowest BCUT2D eigenvalue weighted by Gasteiger charge is -2.17. The molecule has 2 aliphatic rings. The second-order valence-electron chi connectivity index (χ2n) is 8.83. The van der Waals surface area contributed by atoms with Crippen molar-refractivity contribution in [3.63, 3.8) is 0 Å². The molecule has 0 atom stereocenters. The van der Waals surface area contributed by atoms with E-state index in [1.807, 2.05) is 0 Å². The number of ether oxygens (including phenoxy) is 1. The van der Waals surface area contributed by atoms with Crippen molar-refractivity contribution in [3.8, 4) is 17.2 Å². The first kappa shape index (κ1) is 24.3. The van der Waals surface area contributed by atoms with Crippen LogP contribution in [0.4, 0.5) is 5.69 Å². The molecule has 0 aliphatic heterocycles. The van der Waals surface area contributed by atoms with Crippen molar-refractivity contribution >= 4 is 39.0 Å². The standard InChI is InChI=1S/C24H26ClNO7S/c25-18-11-19(26-22(28)12-23(29)30)16-6-3-7-17(16)24(18)33-15-8-9-20(27)21(10-15)34(31,32)13-14-4-1-2-5-14/h8-11,14,27H,1-7,12-13H2,(H,26,28)(H,29,30). The van der Waals surface area contributed by atoms with Crippen molar-refractivity contribution in [2.24, 2.45) is 5.92 Å². The fourth-order valence-corrected chi connectivity index (χ4v) is 6.85. The van der Waals surface area contributed by atoms with E-state index in [4.69, 9.17) is 21.4 Å². The highest BCUT2D eigenvalue weighted by molar-refractivity contribution is 7.91. The normalized spacial score (nSPS) is 15.8. The average Bonchev–Trinajstić information content (AvgIpc) is 3.43. The van der Waals surface area contributed by atoms with Gasteiger partial charge in [0.25, 0.3) is 0 Å². The summed E-state index contributed by atoms with van der Waals surface area (Å²) in [7, 11) is -3.70. The zero-order valence-electron chi connectivity index (χ0n) is 18.5. The van der Waals surface area contributed by atoms with Crippen molar-refractivity contribution < 1.29 is 33.0 Å². The average molecular weight is 508 g/mol. The number of nitrogens with one attached hydrogen (secondary N) is 1. The highest BCUT2D eigenvalue weighted by Gasteiger charge is 2.28. The van der Waals surface area contributed by atoms with Gasteiger partial charge in [0.15, 0.2) is 9.84 Å². The third-order valence-electron chi connectivity index (χ3n) is 6.31. The molecule has 0 heterocycles. The SMILES string of the molecule is O=C(O)CC(=O)Nc1cc(Cl)c(Oc2ccc(O)c(S(=O)(=O)CC3CCCC3)c2)c2c1CCC2. The van der Waals surface area contributed by atoms with E-state index in [-0.39, 0.29) is 33.1 Å². The van der Waals surface area contributed by atoms with E-state index in [9.17, 15) is 23.1 Å². The van der Waals surface area contributed by atoms with Gasteiger partial charge in [0, 0.05) is 17.3 Å². The molecule has 1 fully saturated rings. The molecule has 2 aromatic carbocycles. The van der Waals surface area contributed by atoms with Crippen LogP contribution < -0.4 is 10.1 Å². The number of halogens is 1. The van der Waals surface area contributed by atoms with Crippen LogP contribution in [0.5, 0.6) is 17.2 Å². The van der Waals surface area contributed by atoms with E-state index in [0.717, 1.165) is 43.2 Å². The third kappa shape index (κ3) is 5.31. The minimum Gasteiger partial charge on any atom is -0.507 e. The van der Waals surface area contributed by atoms with Crippen molar-refractivity contribution in [1.29, 1.82) is 0 Å². The Morgan fingerprint density at radius 1 is 1.09 bits per heavy atom. The topological polar surface area (TPSA) is 130 Å². The van der Waals surface area contributed by atoms with Crippen LogP contribution >= 0.6 is 11.6 Å². The molecule has 2 aliphatic carbocycles. The molecular formula is C24H26ClNO7S. The molecule has 0 unspecified atom stereocenters. The molecule has 8 nitrogen and oxygen atoms in total. The quantitative estimate of drug-likeness (QED) is 0.441. The first-order valence-corrected chi connectivity index (χ1v) is 13.3. The molecule has 10 heteroatoms. The summed E-state index contributed by atoms with van der Waals surface area (Å²) < 4.78 is 32.0. The Balaban J connectivity index is 1.62. The largest absolute Gasteiger partial charge is 0.507 e. The summed E-state index contributed by atoms with van der Waals surface area (Å²) in [5.41, 5.74) is 2.04. The van der Waals surface area contributed by atoms with Gasteiger partial charge in [-0.3, -0.25) is 9.59 Å². The number of phenols is 1. The lowest BCUT2D eigenvalue weighted by molar-refractivity contribution is -0.139. The molecule has 182 valence electrons. The van der Waals surface area contributed by atoms with E-state index in [1.165, 1.54) is 24.3 Å². The molecular weight excluding hydrogens is 482 g/mol. The minimum atomic E-state index is -3.70. The number of carboxylic acid groups (broad SMARTS) is 1. The van der Waals surface area contributed by atoms with Crippen LogP contribution in [0, 0.1) is 5.92 Å². The fraction of sp³-hybridized carbons (Fsp3) is 0.417. The number of hydrogen-bond acceptors (Lipinski definition) is 6. The van der Waals surface area contributed by atoms with Gasteiger partial charge in [-0.2, -0.15) is 0 Å². The van der Waals surface area contributed by atoms with E-state index >= 15 is 0 Å². The van der Waals surface area contributed by atoms with Gasteiger partial charge >= 0.3 is 5.97 Å². The smallest absolute Gasteiger partial charge is 0.312 e. The number of benzene rings is 2. The Hall–Kier alpha value is -2.78. The molecule has 1 saturated carbocycles. The van der Waals surface area contributed by atoms with Crippen LogP contribution in [0.15, 0.2) is 29.2 Å². The Morgan fingerprint density at radius 3 is 2.50 bits per heavy atom. The Bertz CT molecular complexity index is 1240. The van der Waals surface area contributed by atoms with E-state index in [2.05, 4.69) is 5.32 Å². The number of amides is 1. The predicted octanol–water partition coefficient (Wildman–Crippen LogP) is 4.70. The number of aliphatic carboxylic acids is 1. The first-order valence-electron chi connectivity index (χ1n) is 11.2. The summed E-state index contributed by atoms with van der Waals surface area (Å²) in [5.74, 6) is -1.54. The van der Waals surface area contributed by atoms with Crippen molar-refractivity contribution in [1.82, 2.24) is 0 Å². The summed E-state index contributed by atoms with van der Waals surface area (Å²) in [6.45, 7) is 0.